The van der Waals surface area contributed by atoms with Gasteiger partial charge in [-0.15, -0.1) is 0 Å². The Kier molecular flexibility index (Phi) is 10.9. The number of aromatic nitrogens is 2. The van der Waals surface area contributed by atoms with Crippen LogP contribution in [0.15, 0.2) is 42.7 Å². The molecule has 0 saturated heterocycles. The van der Waals surface area contributed by atoms with Crippen LogP contribution in [-0.4, -0.2) is 27.1 Å². The highest BCUT2D eigenvalue weighted by Gasteiger charge is 2.25. The molecule has 1 aliphatic heterocycles. The van der Waals surface area contributed by atoms with Crippen LogP contribution in [0.5, 0.6) is 0 Å². The van der Waals surface area contributed by atoms with Gasteiger partial charge in [-0.1, -0.05) is 66.3 Å². The van der Waals surface area contributed by atoms with E-state index in [1.807, 2.05) is 52.0 Å². The zero-order chi connectivity index (χ0) is 27.7. The Balaban J connectivity index is 0.00000115. The summed E-state index contributed by atoms with van der Waals surface area (Å²) in [6.07, 6.45) is 1.83. The predicted molar refractivity (Wildman–Crippen MR) is 154 cm³/mol. The molecule has 0 amide bonds. The minimum Gasteiger partial charge on any atom is -0.398 e. The Hall–Kier alpha value is -3.61. The van der Waals surface area contributed by atoms with Crippen LogP contribution < -0.4 is 11.1 Å². The number of nitrogen functional groups attached to an aromatic ring is 1. The van der Waals surface area contributed by atoms with Crippen LogP contribution in [0.25, 0.3) is 11.1 Å². The Labute approximate surface area is 221 Å². The maximum Gasteiger partial charge on any atom is 0.156 e. The van der Waals surface area contributed by atoms with E-state index < -0.39 is 0 Å². The molecule has 0 atom stereocenters. The van der Waals surface area contributed by atoms with Crippen LogP contribution in [0.2, 0.25) is 0 Å². The summed E-state index contributed by atoms with van der Waals surface area (Å²) in [5.74, 6) is 1.16. The molecule has 4 rings (SSSR count). The zero-order valence-corrected chi connectivity index (χ0v) is 23.5. The molecule has 0 unspecified atom stereocenters. The molecule has 200 valence electrons. The van der Waals surface area contributed by atoms with Gasteiger partial charge in [-0.25, -0.2) is 9.37 Å². The highest BCUT2D eigenvalue weighted by Crippen LogP contribution is 2.31. The van der Waals surface area contributed by atoms with E-state index in [0.717, 1.165) is 53.3 Å². The van der Waals surface area contributed by atoms with Gasteiger partial charge in [-0.2, -0.15) is 0 Å². The first-order valence-electron chi connectivity index (χ1n) is 13.4. The lowest BCUT2D eigenvalue weighted by Gasteiger charge is -2.21. The smallest absolute Gasteiger partial charge is 0.156 e. The summed E-state index contributed by atoms with van der Waals surface area (Å²) in [5, 5.41) is 12.0. The van der Waals surface area contributed by atoms with Gasteiger partial charge in [0, 0.05) is 17.8 Å². The molecule has 3 aromatic rings. The summed E-state index contributed by atoms with van der Waals surface area (Å²) in [5.41, 5.74) is 13.0. The van der Waals surface area contributed by atoms with E-state index in [-0.39, 0.29) is 11.5 Å². The van der Waals surface area contributed by atoms with Gasteiger partial charge < -0.3 is 20.9 Å². The number of H-pyrrole nitrogens is 1. The first kappa shape index (κ1) is 29.6. The van der Waals surface area contributed by atoms with E-state index in [2.05, 4.69) is 40.6 Å². The summed E-state index contributed by atoms with van der Waals surface area (Å²) in [7, 11) is 0. The van der Waals surface area contributed by atoms with E-state index >= 15 is 0 Å². The molecule has 0 saturated carbocycles. The summed E-state index contributed by atoms with van der Waals surface area (Å²) < 4.78 is 14.2. The minimum atomic E-state index is -0.232. The molecule has 0 aliphatic carbocycles. The van der Waals surface area contributed by atoms with E-state index in [0.29, 0.717) is 35.7 Å². The molecular weight excluding hydrogens is 463 g/mol. The number of aryl methyl sites for hydroxylation is 2. The number of aromatic amines is 1. The molecular formula is C30H43FN6. The average molecular weight is 507 g/mol. The summed E-state index contributed by atoms with van der Waals surface area (Å²) in [6, 6.07) is 8.98. The number of nitrogens with zero attached hydrogens (tertiary/aromatic N) is 2. The molecule has 2 heterocycles. The van der Waals surface area contributed by atoms with Crippen LogP contribution in [0.1, 0.15) is 81.9 Å². The lowest BCUT2D eigenvalue weighted by atomic mass is 9.94. The van der Waals surface area contributed by atoms with Crippen molar-refractivity contribution < 1.29 is 4.39 Å². The molecule has 1 aromatic heterocycles. The SMILES string of the molecule is C=C(NCCC)N1Cc2nc(C(=N)c3ccc(-c4cc(F)c(C)cc4CC)cc3N)[nH]c2C1.CC.CC. The maximum atomic E-state index is 14.2. The van der Waals surface area contributed by atoms with Crippen molar-refractivity contribution in [3.63, 3.8) is 0 Å². The fourth-order valence-corrected chi connectivity index (χ4v) is 4.21. The minimum absolute atomic E-state index is 0.232. The lowest BCUT2D eigenvalue weighted by molar-refractivity contribution is 0.330. The molecule has 0 bridgehead atoms. The number of benzene rings is 2. The van der Waals surface area contributed by atoms with Gasteiger partial charge in [-0.05, 0) is 54.2 Å². The number of imidazole rings is 1. The molecule has 7 heteroatoms. The molecule has 0 radical (unpaired) electrons. The topological polar surface area (TPSA) is 93.8 Å². The van der Waals surface area contributed by atoms with Crippen molar-refractivity contribution in [3.8, 4) is 11.1 Å². The van der Waals surface area contributed by atoms with E-state index in [1.54, 1.807) is 13.0 Å². The highest BCUT2D eigenvalue weighted by molar-refractivity contribution is 6.12. The van der Waals surface area contributed by atoms with Crippen LogP contribution in [0, 0.1) is 18.2 Å². The third-order valence-electron chi connectivity index (χ3n) is 6.15. The Morgan fingerprint density at radius 3 is 2.46 bits per heavy atom. The Bertz CT molecular complexity index is 1200. The molecule has 5 N–H and O–H groups in total. The van der Waals surface area contributed by atoms with Crippen LogP contribution >= 0.6 is 0 Å². The largest absolute Gasteiger partial charge is 0.398 e. The van der Waals surface area contributed by atoms with E-state index in [4.69, 9.17) is 11.1 Å². The van der Waals surface area contributed by atoms with E-state index in [9.17, 15) is 4.39 Å². The number of nitrogens with one attached hydrogen (secondary N) is 3. The predicted octanol–water partition coefficient (Wildman–Crippen LogP) is 6.92. The quantitative estimate of drug-likeness (QED) is 0.197. The number of fused-ring (bicyclic) bond motifs is 1. The zero-order valence-electron chi connectivity index (χ0n) is 23.5. The second-order valence-electron chi connectivity index (χ2n) is 8.53. The first-order chi connectivity index (χ1) is 17.8. The standard InChI is InChI=1S/C26H31FN6.2C2H6/c1-5-9-30-16(4)33-13-23-24(14-33)32-26(31-23)25(29)19-8-7-18(11-22(19)28)20-12-21(27)15(3)10-17(20)6-2;2*1-2/h7-8,10-12,29-30H,4-6,9,13-14,28H2,1-3H3,(H,31,32);2*1-2H3. The van der Waals surface area contributed by atoms with Gasteiger partial charge >= 0.3 is 0 Å². The van der Waals surface area contributed by atoms with Crippen LogP contribution in [0.4, 0.5) is 10.1 Å². The molecule has 2 aromatic carbocycles. The van der Waals surface area contributed by atoms with Crippen LogP contribution in [0.3, 0.4) is 0 Å². The third-order valence-corrected chi connectivity index (χ3v) is 6.15. The van der Waals surface area contributed by atoms with Crippen molar-refractivity contribution in [1.29, 1.82) is 5.41 Å². The van der Waals surface area contributed by atoms with Crippen molar-refractivity contribution >= 4 is 11.4 Å². The monoisotopic (exact) mass is 506 g/mol. The second-order valence-corrected chi connectivity index (χ2v) is 8.53. The third kappa shape index (κ3) is 6.59. The second kappa shape index (κ2) is 13.6. The van der Waals surface area contributed by atoms with Gasteiger partial charge in [0.2, 0.25) is 0 Å². The van der Waals surface area contributed by atoms with E-state index in [1.165, 1.54) is 0 Å². The highest BCUT2D eigenvalue weighted by atomic mass is 19.1. The lowest BCUT2D eigenvalue weighted by Crippen LogP contribution is -2.27. The van der Waals surface area contributed by atoms with Crippen molar-refractivity contribution in [3.05, 3.63) is 82.5 Å². The van der Waals surface area contributed by atoms with Crippen molar-refractivity contribution in [2.75, 3.05) is 12.3 Å². The van der Waals surface area contributed by atoms with Crippen molar-refractivity contribution in [1.82, 2.24) is 20.2 Å². The van der Waals surface area contributed by atoms with Gasteiger partial charge in [0.05, 0.1) is 30.3 Å². The molecule has 0 fully saturated rings. The normalized spacial score (nSPS) is 11.6. The van der Waals surface area contributed by atoms with Crippen LogP contribution in [-0.2, 0) is 19.5 Å². The fourth-order valence-electron chi connectivity index (χ4n) is 4.21. The Morgan fingerprint density at radius 2 is 1.86 bits per heavy atom. The van der Waals surface area contributed by atoms with Gasteiger partial charge in [0.25, 0.3) is 0 Å². The number of hydrogen-bond donors (Lipinski definition) is 4. The number of rotatable bonds is 8. The summed E-state index contributed by atoms with van der Waals surface area (Å²) in [6.45, 7) is 20.3. The molecule has 6 nitrogen and oxygen atoms in total. The number of halogens is 1. The summed E-state index contributed by atoms with van der Waals surface area (Å²) >= 11 is 0. The summed E-state index contributed by atoms with van der Waals surface area (Å²) in [4.78, 5) is 10.1. The Morgan fingerprint density at radius 1 is 1.16 bits per heavy atom. The van der Waals surface area contributed by atoms with Crippen molar-refractivity contribution in [2.24, 2.45) is 0 Å². The van der Waals surface area contributed by atoms with Gasteiger partial charge in [0.1, 0.15) is 11.5 Å². The average Bonchev–Trinajstić information content (AvgIpc) is 3.50. The van der Waals surface area contributed by atoms with Gasteiger partial charge in [-0.3, -0.25) is 5.41 Å². The fraction of sp³-hybridized carbons (Fsp3) is 0.400. The molecule has 0 spiro atoms. The molecule has 37 heavy (non-hydrogen) atoms. The number of nitrogens with two attached hydrogens (primary N) is 1. The van der Waals surface area contributed by atoms with Crippen molar-refractivity contribution in [2.45, 2.75) is 74.4 Å². The number of hydrogen-bond acceptors (Lipinski definition) is 5. The van der Waals surface area contributed by atoms with Gasteiger partial charge in [0.15, 0.2) is 5.82 Å². The maximum absolute atomic E-state index is 14.2. The molecule has 1 aliphatic rings. The first-order valence-corrected chi connectivity index (χ1v) is 13.4. The number of anilines is 1.